The quantitative estimate of drug-likeness (QED) is 0.900. The molecule has 2 saturated heterocycles. The van der Waals surface area contributed by atoms with Gasteiger partial charge in [-0.1, -0.05) is 41.9 Å². The highest BCUT2D eigenvalue weighted by molar-refractivity contribution is 6.30. The minimum atomic E-state index is -0.0477. The number of carbonyl (C=O) groups is 1. The van der Waals surface area contributed by atoms with Crippen molar-refractivity contribution in [2.24, 2.45) is 11.7 Å². The molecule has 2 aromatic rings. The van der Waals surface area contributed by atoms with Crippen LogP contribution in [0.15, 0.2) is 54.6 Å². The van der Waals surface area contributed by atoms with Crippen LogP contribution >= 0.6 is 11.6 Å². The van der Waals surface area contributed by atoms with E-state index in [9.17, 15) is 4.79 Å². The Hall–Kier alpha value is -1.88. The SMILES string of the molecule is NC[C@@H]1CN(C2CCN(c3ccc(Cl)cc3)C2=O)C[C@H]1c1ccccc1. The largest absolute Gasteiger partial charge is 0.330 e. The van der Waals surface area contributed by atoms with Gasteiger partial charge in [-0.3, -0.25) is 9.69 Å². The molecule has 2 fully saturated rings. The van der Waals surface area contributed by atoms with Gasteiger partial charge in [-0.15, -0.1) is 0 Å². The molecule has 1 amide bonds. The van der Waals surface area contributed by atoms with Gasteiger partial charge in [0.25, 0.3) is 0 Å². The minimum Gasteiger partial charge on any atom is -0.330 e. The molecule has 1 unspecified atom stereocenters. The number of rotatable bonds is 4. The molecule has 0 bridgehead atoms. The second-order valence-corrected chi connectivity index (χ2v) is 7.67. The fourth-order valence-electron chi connectivity index (χ4n) is 4.36. The highest BCUT2D eigenvalue weighted by atomic mass is 35.5. The Bertz CT molecular complexity index is 765. The van der Waals surface area contributed by atoms with Crippen molar-refractivity contribution in [3.05, 3.63) is 65.2 Å². The van der Waals surface area contributed by atoms with E-state index in [2.05, 4.69) is 29.2 Å². The van der Waals surface area contributed by atoms with Crippen molar-refractivity contribution in [1.29, 1.82) is 0 Å². The van der Waals surface area contributed by atoms with Gasteiger partial charge in [0.15, 0.2) is 0 Å². The molecular formula is C21H24ClN3O. The van der Waals surface area contributed by atoms with Crippen LogP contribution in [0.4, 0.5) is 5.69 Å². The Labute approximate surface area is 159 Å². The number of nitrogens with zero attached hydrogens (tertiary/aromatic N) is 2. The number of carbonyl (C=O) groups excluding carboxylic acids is 1. The van der Waals surface area contributed by atoms with Crippen molar-refractivity contribution in [1.82, 2.24) is 4.90 Å². The minimum absolute atomic E-state index is 0.0477. The van der Waals surface area contributed by atoms with Gasteiger partial charge in [0.2, 0.25) is 5.91 Å². The van der Waals surface area contributed by atoms with E-state index in [4.69, 9.17) is 17.3 Å². The predicted molar refractivity (Wildman–Crippen MR) is 106 cm³/mol. The van der Waals surface area contributed by atoms with Crippen LogP contribution < -0.4 is 10.6 Å². The van der Waals surface area contributed by atoms with Crippen molar-refractivity contribution in [3.8, 4) is 0 Å². The monoisotopic (exact) mass is 369 g/mol. The Kier molecular flexibility index (Phi) is 4.98. The number of benzene rings is 2. The first-order chi connectivity index (χ1) is 12.7. The summed E-state index contributed by atoms with van der Waals surface area (Å²) in [6, 6.07) is 18.0. The standard InChI is InChI=1S/C21H24ClN3O/c22-17-6-8-18(9-7-17)25-11-10-20(21(25)26)24-13-16(12-23)19(14-24)15-4-2-1-3-5-15/h1-9,16,19-20H,10-14,23H2/t16-,19+,20?/m1/s1. The van der Waals surface area contributed by atoms with E-state index in [0.29, 0.717) is 23.4 Å². The molecule has 5 heteroatoms. The molecule has 0 aromatic heterocycles. The zero-order valence-electron chi connectivity index (χ0n) is 14.7. The van der Waals surface area contributed by atoms with Gasteiger partial charge in [-0.2, -0.15) is 0 Å². The molecule has 4 rings (SSSR count). The number of amides is 1. The number of anilines is 1. The van der Waals surface area contributed by atoms with E-state index in [1.807, 2.05) is 35.2 Å². The molecule has 4 nitrogen and oxygen atoms in total. The summed E-state index contributed by atoms with van der Waals surface area (Å²) in [6.07, 6.45) is 0.861. The van der Waals surface area contributed by atoms with Gasteiger partial charge in [0, 0.05) is 36.3 Å². The van der Waals surface area contributed by atoms with Crippen molar-refractivity contribution >= 4 is 23.2 Å². The number of nitrogens with two attached hydrogens (primary N) is 1. The molecule has 2 N–H and O–H groups in total. The Balaban J connectivity index is 1.50. The van der Waals surface area contributed by atoms with E-state index in [-0.39, 0.29) is 11.9 Å². The van der Waals surface area contributed by atoms with Crippen LogP contribution in [0.5, 0.6) is 0 Å². The van der Waals surface area contributed by atoms with Crippen LogP contribution in [0.2, 0.25) is 5.02 Å². The maximum atomic E-state index is 13.0. The van der Waals surface area contributed by atoms with E-state index in [1.165, 1.54) is 5.56 Å². The molecule has 0 saturated carbocycles. The van der Waals surface area contributed by atoms with Crippen LogP contribution in [0, 0.1) is 5.92 Å². The molecular weight excluding hydrogens is 346 g/mol. The number of likely N-dealkylation sites (tertiary alicyclic amines) is 1. The fraction of sp³-hybridized carbons (Fsp3) is 0.381. The lowest BCUT2D eigenvalue weighted by atomic mass is 9.89. The van der Waals surface area contributed by atoms with E-state index < -0.39 is 0 Å². The Morgan fingerprint density at radius 1 is 1.04 bits per heavy atom. The summed E-state index contributed by atoms with van der Waals surface area (Å²) in [4.78, 5) is 17.3. The maximum Gasteiger partial charge on any atom is 0.244 e. The number of hydrogen-bond donors (Lipinski definition) is 1. The fourth-order valence-corrected chi connectivity index (χ4v) is 4.48. The van der Waals surface area contributed by atoms with Crippen molar-refractivity contribution in [3.63, 3.8) is 0 Å². The summed E-state index contributed by atoms with van der Waals surface area (Å²) < 4.78 is 0. The van der Waals surface area contributed by atoms with Gasteiger partial charge < -0.3 is 10.6 Å². The average molecular weight is 370 g/mol. The molecule has 2 heterocycles. The lowest BCUT2D eigenvalue weighted by Gasteiger charge is -2.23. The molecule has 2 aromatic carbocycles. The Morgan fingerprint density at radius 2 is 1.77 bits per heavy atom. The third kappa shape index (κ3) is 3.25. The lowest BCUT2D eigenvalue weighted by molar-refractivity contribution is -0.121. The van der Waals surface area contributed by atoms with Gasteiger partial charge in [-0.25, -0.2) is 0 Å². The van der Waals surface area contributed by atoms with Crippen LogP contribution in [-0.2, 0) is 4.79 Å². The first kappa shape index (κ1) is 17.5. The summed E-state index contributed by atoms with van der Waals surface area (Å²) >= 11 is 5.97. The smallest absolute Gasteiger partial charge is 0.244 e. The van der Waals surface area contributed by atoms with Crippen molar-refractivity contribution in [2.45, 2.75) is 18.4 Å². The normalized spacial score (nSPS) is 26.6. The number of halogens is 1. The van der Waals surface area contributed by atoms with Gasteiger partial charge in [0.1, 0.15) is 0 Å². The maximum absolute atomic E-state index is 13.0. The van der Waals surface area contributed by atoms with Crippen molar-refractivity contribution in [2.75, 3.05) is 31.1 Å². The first-order valence-corrected chi connectivity index (χ1v) is 9.61. The summed E-state index contributed by atoms with van der Waals surface area (Å²) in [5.41, 5.74) is 8.31. The Morgan fingerprint density at radius 3 is 2.46 bits per heavy atom. The van der Waals surface area contributed by atoms with Crippen LogP contribution in [0.3, 0.4) is 0 Å². The molecule has 136 valence electrons. The molecule has 0 radical (unpaired) electrons. The molecule has 26 heavy (non-hydrogen) atoms. The summed E-state index contributed by atoms with van der Waals surface area (Å²) in [5, 5.41) is 0.688. The third-order valence-electron chi connectivity index (χ3n) is 5.76. The topological polar surface area (TPSA) is 49.6 Å². The second kappa shape index (κ2) is 7.39. The first-order valence-electron chi connectivity index (χ1n) is 9.23. The molecule has 0 aliphatic carbocycles. The van der Waals surface area contributed by atoms with E-state index >= 15 is 0 Å². The van der Waals surface area contributed by atoms with Gasteiger partial charge in [-0.05, 0) is 48.7 Å². The molecule has 3 atom stereocenters. The van der Waals surface area contributed by atoms with Crippen LogP contribution in [0.1, 0.15) is 17.9 Å². The van der Waals surface area contributed by atoms with E-state index in [0.717, 1.165) is 31.7 Å². The highest BCUT2D eigenvalue weighted by Crippen LogP contribution is 2.35. The van der Waals surface area contributed by atoms with Crippen molar-refractivity contribution < 1.29 is 4.79 Å². The lowest BCUT2D eigenvalue weighted by Crippen LogP contribution is -2.41. The van der Waals surface area contributed by atoms with E-state index in [1.54, 1.807) is 0 Å². The summed E-state index contributed by atoms with van der Waals surface area (Å²) in [5.74, 6) is 0.991. The summed E-state index contributed by atoms with van der Waals surface area (Å²) in [6.45, 7) is 3.19. The predicted octanol–water partition coefficient (Wildman–Crippen LogP) is 3.12. The van der Waals surface area contributed by atoms with Crippen LogP contribution in [0.25, 0.3) is 0 Å². The molecule has 2 aliphatic heterocycles. The van der Waals surface area contributed by atoms with Crippen LogP contribution in [-0.4, -0.2) is 43.0 Å². The molecule has 2 aliphatic rings. The van der Waals surface area contributed by atoms with Gasteiger partial charge in [0.05, 0.1) is 6.04 Å². The third-order valence-corrected chi connectivity index (χ3v) is 6.01. The summed E-state index contributed by atoms with van der Waals surface area (Å²) in [7, 11) is 0. The average Bonchev–Trinajstić information content (AvgIpc) is 3.26. The zero-order chi connectivity index (χ0) is 18.1. The second-order valence-electron chi connectivity index (χ2n) is 7.24. The zero-order valence-corrected chi connectivity index (χ0v) is 15.5. The highest BCUT2D eigenvalue weighted by Gasteiger charge is 2.42. The number of hydrogen-bond acceptors (Lipinski definition) is 3. The molecule has 0 spiro atoms. The van der Waals surface area contributed by atoms with Gasteiger partial charge >= 0.3 is 0 Å².